The van der Waals surface area contributed by atoms with Crippen molar-refractivity contribution >= 4 is 5.97 Å². The van der Waals surface area contributed by atoms with Gasteiger partial charge in [0.15, 0.2) is 0 Å². The Bertz CT molecular complexity index is 809. The van der Waals surface area contributed by atoms with Crippen LogP contribution in [0.3, 0.4) is 0 Å². The number of benzene rings is 2. The minimum Gasteiger partial charge on any atom is -0.497 e. The molecule has 0 aromatic heterocycles. The zero-order valence-electron chi connectivity index (χ0n) is 16.5. The van der Waals surface area contributed by atoms with Gasteiger partial charge in [-0.2, -0.15) is 0 Å². The molecular weight excluding hydrogens is 356 g/mol. The van der Waals surface area contributed by atoms with E-state index in [1.807, 2.05) is 49.4 Å². The second kappa shape index (κ2) is 11.6. The molecule has 148 valence electrons. The quantitative estimate of drug-likeness (QED) is 0.445. The Hall–Kier alpha value is -3.05. The normalized spacial score (nSPS) is 11.5. The third kappa shape index (κ3) is 6.93. The fourth-order valence-electron chi connectivity index (χ4n) is 2.42. The molecule has 0 atom stereocenters. The van der Waals surface area contributed by atoms with Crippen molar-refractivity contribution in [2.75, 3.05) is 27.4 Å². The predicted octanol–water partition coefficient (Wildman–Crippen LogP) is 4.58. The molecule has 0 radical (unpaired) electrons. The van der Waals surface area contributed by atoms with E-state index >= 15 is 0 Å². The summed E-state index contributed by atoms with van der Waals surface area (Å²) < 4.78 is 21.3. The standard InChI is InChI=1S/C23H26O5/c1-18(16-27-17-19-10-5-4-6-11-19)9-7-8-14-28-23(24)21-15-20(25-2)12-13-22(21)26-3/h4-13,15H,14,16-17H2,1-3H3/b8-7+,18-9+. The summed E-state index contributed by atoms with van der Waals surface area (Å²) in [5, 5.41) is 0. The number of esters is 1. The van der Waals surface area contributed by atoms with Gasteiger partial charge in [0, 0.05) is 0 Å². The number of ether oxygens (including phenoxy) is 4. The minimum atomic E-state index is -0.465. The van der Waals surface area contributed by atoms with E-state index in [0.29, 0.717) is 30.3 Å². The Labute approximate surface area is 166 Å². The van der Waals surface area contributed by atoms with Crippen molar-refractivity contribution in [3.8, 4) is 11.5 Å². The highest BCUT2D eigenvalue weighted by molar-refractivity contribution is 5.93. The van der Waals surface area contributed by atoms with Gasteiger partial charge in [-0.25, -0.2) is 4.79 Å². The molecule has 0 saturated heterocycles. The van der Waals surface area contributed by atoms with Gasteiger partial charge in [0.1, 0.15) is 23.7 Å². The molecule has 2 aromatic carbocycles. The highest BCUT2D eigenvalue weighted by atomic mass is 16.5. The molecule has 0 fully saturated rings. The summed E-state index contributed by atoms with van der Waals surface area (Å²) in [6.07, 6.45) is 5.55. The van der Waals surface area contributed by atoms with Gasteiger partial charge in [-0.15, -0.1) is 0 Å². The maximum atomic E-state index is 12.2. The van der Waals surface area contributed by atoms with Crippen LogP contribution in [0.15, 0.2) is 72.3 Å². The smallest absolute Gasteiger partial charge is 0.342 e. The number of hydrogen-bond donors (Lipinski definition) is 0. The van der Waals surface area contributed by atoms with E-state index in [9.17, 15) is 4.79 Å². The monoisotopic (exact) mass is 382 g/mol. The third-order valence-electron chi connectivity index (χ3n) is 3.90. The molecule has 0 aliphatic rings. The summed E-state index contributed by atoms with van der Waals surface area (Å²) in [6, 6.07) is 15.0. The van der Waals surface area contributed by atoms with Crippen molar-refractivity contribution in [2.24, 2.45) is 0 Å². The number of hydrogen-bond acceptors (Lipinski definition) is 5. The number of methoxy groups -OCH3 is 2. The molecule has 0 bridgehead atoms. The Morgan fingerprint density at radius 3 is 2.54 bits per heavy atom. The van der Waals surface area contributed by atoms with Crippen LogP contribution in [0.2, 0.25) is 0 Å². The zero-order chi connectivity index (χ0) is 20.2. The molecule has 0 spiro atoms. The van der Waals surface area contributed by atoms with Crippen LogP contribution < -0.4 is 9.47 Å². The molecule has 0 aliphatic heterocycles. The second-order valence-electron chi connectivity index (χ2n) is 6.08. The van der Waals surface area contributed by atoms with Gasteiger partial charge in [0.2, 0.25) is 0 Å². The molecule has 0 heterocycles. The summed E-state index contributed by atoms with van der Waals surface area (Å²) >= 11 is 0. The Balaban J connectivity index is 1.76. The highest BCUT2D eigenvalue weighted by Crippen LogP contribution is 2.24. The van der Waals surface area contributed by atoms with Crippen molar-refractivity contribution in [2.45, 2.75) is 13.5 Å². The lowest BCUT2D eigenvalue weighted by atomic mass is 10.2. The summed E-state index contributed by atoms with van der Waals surface area (Å²) in [6.45, 7) is 3.27. The van der Waals surface area contributed by atoms with E-state index in [1.54, 1.807) is 24.3 Å². The Kier molecular flexibility index (Phi) is 8.82. The highest BCUT2D eigenvalue weighted by Gasteiger charge is 2.14. The fourth-order valence-corrected chi connectivity index (χ4v) is 2.42. The number of rotatable bonds is 10. The second-order valence-corrected chi connectivity index (χ2v) is 6.08. The first-order valence-corrected chi connectivity index (χ1v) is 8.97. The van der Waals surface area contributed by atoms with E-state index in [4.69, 9.17) is 18.9 Å². The lowest BCUT2D eigenvalue weighted by Crippen LogP contribution is -2.07. The average molecular weight is 382 g/mol. The van der Waals surface area contributed by atoms with E-state index in [0.717, 1.165) is 11.1 Å². The van der Waals surface area contributed by atoms with Gasteiger partial charge in [-0.3, -0.25) is 0 Å². The van der Waals surface area contributed by atoms with Gasteiger partial charge in [0.25, 0.3) is 0 Å². The van der Waals surface area contributed by atoms with Crippen molar-refractivity contribution in [3.63, 3.8) is 0 Å². The van der Waals surface area contributed by atoms with Crippen LogP contribution >= 0.6 is 0 Å². The molecule has 28 heavy (non-hydrogen) atoms. The van der Waals surface area contributed by atoms with Gasteiger partial charge in [-0.05, 0) is 42.3 Å². The van der Waals surface area contributed by atoms with Gasteiger partial charge in [0.05, 0.1) is 27.4 Å². The Morgan fingerprint density at radius 2 is 1.82 bits per heavy atom. The molecule has 5 nitrogen and oxygen atoms in total. The van der Waals surface area contributed by atoms with Gasteiger partial charge in [-0.1, -0.05) is 42.5 Å². The lowest BCUT2D eigenvalue weighted by molar-refractivity contribution is 0.0545. The largest absolute Gasteiger partial charge is 0.497 e. The van der Waals surface area contributed by atoms with Crippen LogP contribution in [0, 0.1) is 0 Å². The van der Waals surface area contributed by atoms with E-state index in [1.165, 1.54) is 14.2 Å². The van der Waals surface area contributed by atoms with E-state index in [2.05, 4.69) is 0 Å². The third-order valence-corrected chi connectivity index (χ3v) is 3.90. The SMILES string of the molecule is COc1ccc(OC)c(C(=O)OC/C=C/C=C(\C)COCc2ccccc2)c1. The van der Waals surface area contributed by atoms with Gasteiger partial charge >= 0.3 is 5.97 Å². The van der Waals surface area contributed by atoms with Crippen LogP contribution in [0.1, 0.15) is 22.8 Å². The van der Waals surface area contributed by atoms with Crippen LogP contribution in [0.25, 0.3) is 0 Å². The van der Waals surface area contributed by atoms with E-state index in [-0.39, 0.29) is 6.61 Å². The van der Waals surface area contributed by atoms with E-state index < -0.39 is 5.97 Å². The van der Waals surface area contributed by atoms with Crippen LogP contribution in [0.4, 0.5) is 0 Å². The molecule has 5 heteroatoms. The fraction of sp³-hybridized carbons (Fsp3) is 0.261. The number of allylic oxidation sites excluding steroid dienone is 2. The molecular formula is C23H26O5. The lowest BCUT2D eigenvalue weighted by Gasteiger charge is -2.09. The summed E-state index contributed by atoms with van der Waals surface area (Å²) in [4.78, 5) is 12.2. The molecule has 0 N–H and O–H groups in total. The zero-order valence-corrected chi connectivity index (χ0v) is 16.5. The van der Waals surface area contributed by atoms with Crippen molar-refractivity contribution in [1.82, 2.24) is 0 Å². The molecule has 0 saturated carbocycles. The summed E-state index contributed by atoms with van der Waals surface area (Å²) in [7, 11) is 3.05. The molecule has 0 unspecified atom stereocenters. The molecule has 2 rings (SSSR count). The topological polar surface area (TPSA) is 54.0 Å². The minimum absolute atomic E-state index is 0.161. The Morgan fingerprint density at radius 1 is 1.04 bits per heavy atom. The molecule has 2 aromatic rings. The average Bonchev–Trinajstić information content (AvgIpc) is 2.73. The predicted molar refractivity (Wildman–Crippen MR) is 109 cm³/mol. The first kappa shape index (κ1) is 21.3. The van der Waals surface area contributed by atoms with Crippen LogP contribution in [-0.2, 0) is 16.1 Å². The van der Waals surface area contributed by atoms with Gasteiger partial charge < -0.3 is 18.9 Å². The molecule has 0 aliphatic carbocycles. The number of carbonyl (C=O) groups excluding carboxylic acids is 1. The van der Waals surface area contributed by atoms with Crippen molar-refractivity contribution in [1.29, 1.82) is 0 Å². The molecule has 0 amide bonds. The van der Waals surface area contributed by atoms with Crippen molar-refractivity contribution < 1.29 is 23.7 Å². The van der Waals surface area contributed by atoms with Crippen molar-refractivity contribution in [3.05, 3.63) is 83.5 Å². The van der Waals surface area contributed by atoms with Crippen LogP contribution in [0.5, 0.6) is 11.5 Å². The van der Waals surface area contributed by atoms with Crippen LogP contribution in [-0.4, -0.2) is 33.4 Å². The number of carbonyl (C=O) groups is 1. The summed E-state index contributed by atoms with van der Waals surface area (Å²) in [5.41, 5.74) is 2.55. The maximum Gasteiger partial charge on any atom is 0.342 e. The summed E-state index contributed by atoms with van der Waals surface area (Å²) in [5.74, 6) is 0.547. The first-order valence-electron chi connectivity index (χ1n) is 8.97. The first-order chi connectivity index (χ1) is 13.6. The maximum absolute atomic E-state index is 12.2.